The maximum atomic E-state index is 12.8. The molecule has 3 rings (SSSR count). The van der Waals surface area contributed by atoms with E-state index >= 15 is 0 Å². The van der Waals surface area contributed by atoms with E-state index < -0.39 is 0 Å². The Morgan fingerprint density at radius 2 is 2.04 bits per heavy atom. The highest BCUT2D eigenvalue weighted by Gasteiger charge is 2.28. The van der Waals surface area contributed by atoms with Crippen LogP contribution in [0.25, 0.3) is 0 Å². The lowest BCUT2D eigenvalue weighted by atomic mass is 9.92. The van der Waals surface area contributed by atoms with Gasteiger partial charge in [0, 0.05) is 44.1 Å². The van der Waals surface area contributed by atoms with Crippen LogP contribution in [-0.4, -0.2) is 64.2 Å². The number of hydrogen-bond acceptors (Lipinski definition) is 7. The average molecular weight is 385 g/mol. The molecule has 2 aromatic heterocycles. The zero-order chi connectivity index (χ0) is 19.9. The molecule has 28 heavy (non-hydrogen) atoms. The number of rotatable bonds is 7. The summed E-state index contributed by atoms with van der Waals surface area (Å²) in [5.41, 5.74) is 3.12. The van der Waals surface area contributed by atoms with E-state index in [1.807, 2.05) is 24.9 Å². The maximum absolute atomic E-state index is 12.8. The Kier molecular flexibility index (Phi) is 7.00. The van der Waals surface area contributed by atoms with E-state index in [1.165, 1.54) is 0 Å². The molecule has 1 saturated heterocycles. The Hall–Kier alpha value is -2.45. The number of amides is 1. The number of piperidine rings is 1. The minimum absolute atomic E-state index is 0.0825. The van der Waals surface area contributed by atoms with E-state index in [2.05, 4.69) is 19.9 Å². The smallest absolute Gasteiger partial charge is 0.274 e. The van der Waals surface area contributed by atoms with E-state index in [0.29, 0.717) is 38.6 Å². The third-order valence-corrected chi connectivity index (χ3v) is 4.80. The molecule has 0 aromatic carbocycles. The van der Waals surface area contributed by atoms with Crippen molar-refractivity contribution in [1.82, 2.24) is 24.8 Å². The molecule has 1 amide bonds. The van der Waals surface area contributed by atoms with Crippen molar-refractivity contribution in [2.75, 3.05) is 33.4 Å². The van der Waals surface area contributed by atoms with Crippen molar-refractivity contribution in [3.8, 4) is 0 Å². The van der Waals surface area contributed by atoms with Crippen LogP contribution in [0.5, 0.6) is 0 Å². The minimum Gasteiger partial charge on any atom is -0.382 e. The fourth-order valence-corrected chi connectivity index (χ4v) is 3.35. The number of aryl methyl sites for hydroxylation is 2. The van der Waals surface area contributed by atoms with Crippen LogP contribution >= 0.6 is 0 Å². The molecule has 0 N–H and O–H groups in total. The van der Waals surface area contributed by atoms with Crippen LogP contribution in [0.3, 0.4) is 0 Å². The SMILES string of the molecule is COCCOCc1cnc(C)nc1C1CCCN(C(=O)c2cnc(C)cn2)C1. The van der Waals surface area contributed by atoms with Gasteiger partial charge < -0.3 is 14.4 Å². The molecule has 1 atom stereocenters. The van der Waals surface area contributed by atoms with Crippen LogP contribution in [0.4, 0.5) is 0 Å². The molecule has 0 spiro atoms. The summed E-state index contributed by atoms with van der Waals surface area (Å²) in [6, 6.07) is 0. The molecule has 2 aromatic rings. The van der Waals surface area contributed by atoms with Crippen LogP contribution in [0.1, 0.15) is 52.0 Å². The Labute approximate surface area is 165 Å². The van der Waals surface area contributed by atoms with Gasteiger partial charge in [0.05, 0.1) is 37.4 Å². The van der Waals surface area contributed by atoms with Crippen molar-refractivity contribution < 1.29 is 14.3 Å². The van der Waals surface area contributed by atoms with Gasteiger partial charge in [-0.25, -0.2) is 15.0 Å². The molecule has 3 heterocycles. The number of nitrogens with zero attached hydrogens (tertiary/aromatic N) is 5. The Balaban J connectivity index is 1.73. The van der Waals surface area contributed by atoms with Crippen LogP contribution in [0, 0.1) is 13.8 Å². The number of likely N-dealkylation sites (tertiary alicyclic amines) is 1. The maximum Gasteiger partial charge on any atom is 0.274 e. The quantitative estimate of drug-likeness (QED) is 0.674. The molecule has 1 aliphatic rings. The molecular weight excluding hydrogens is 358 g/mol. The molecular formula is C20H27N5O3. The van der Waals surface area contributed by atoms with Crippen LogP contribution in [0.15, 0.2) is 18.6 Å². The molecule has 1 fully saturated rings. The summed E-state index contributed by atoms with van der Waals surface area (Å²) in [5.74, 6) is 0.795. The highest BCUT2D eigenvalue weighted by molar-refractivity contribution is 5.92. The third kappa shape index (κ3) is 5.08. The second-order valence-corrected chi connectivity index (χ2v) is 7.01. The Morgan fingerprint density at radius 1 is 1.18 bits per heavy atom. The Bertz CT molecular complexity index is 797. The standard InChI is InChI=1S/C20H27N5O3/c1-14-9-23-18(11-21-14)20(26)25-6-4-5-16(12-25)19-17(10-22-15(2)24-19)13-28-8-7-27-3/h9-11,16H,4-8,12-13H2,1-3H3. The van der Waals surface area contributed by atoms with Crippen molar-refractivity contribution >= 4 is 5.91 Å². The van der Waals surface area contributed by atoms with Gasteiger partial charge in [-0.1, -0.05) is 0 Å². The van der Waals surface area contributed by atoms with Gasteiger partial charge in [0.15, 0.2) is 0 Å². The molecule has 1 unspecified atom stereocenters. The first-order valence-electron chi connectivity index (χ1n) is 9.55. The number of carbonyl (C=O) groups excluding carboxylic acids is 1. The number of carbonyl (C=O) groups is 1. The summed E-state index contributed by atoms with van der Waals surface area (Å²) >= 11 is 0. The first-order chi connectivity index (χ1) is 13.6. The summed E-state index contributed by atoms with van der Waals surface area (Å²) in [7, 11) is 1.65. The van der Waals surface area contributed by atoms with Crippen molar-refractivity contribution in [1.29, 1.82) is 0 Å². The highest BCUT2D eigenvalue weighted by Crippen LogP contribution is 2.29. The average Bonchev–Trinajstić information content (AvgIpc) is 2.72. The fraction of sp³-hybridized carbons (Fsp3) is 0.550. The summed E-state index contributed by atoms with van der Waals surface area (Å²) in [6.45, 7) is 6.56. The van der Waals surface area contributed by atoms with E-state index in [4.69, 9.17) is 9.47 Å². The number of ether oxygens (including phenoxy) is 2. The molecule has 0 aliphatic carbocycles. The number of aromatic nitrogens is 4. The zero-order valence-corrected chi connectivity index (χ0v) is 16.7. The van der Waals surface area contributed by atoms with Gasteiger partial charge in [-0.15, -0.1) is 0 Å². The van der Waals surface area contributed by atoms with Gasteiger partial charge in [0.25, 0.3) is 5.91 Å². The predicted molar refractivity (Wildman–Crippen MR) is 103 cm³/mol. The first kappa shape index (κ1) is 20.3. The van der Waals surface area contributed by atoms with E-state index in [1.54, 1.807) is 19.5 Å². The van der Waals surface area contributed by atoms with Gasteiger partial charge in [-0.2, -0.15) is 0 Å². The van der Waals surface area contributed by atoms with E-state index in [9.17, 15) is 4.79 Å². The largest absolute Gasteiger partial charge is 0.382 e. The zero-order valence-electron chi connectivity index (χ0n) is 16.7. The summed E-state index contributed by atoms with van der Waals surface area (Å²) < 4.78 is 10.7. The minimum atomic E-state index is -0.0825. The molecule has 8 nitrogen and oxygen atoms in total. The van der Waals surface area contributed by atoms with Gasteiger partial charge in [-0.3, -0.25) is 9.78 Å². The van der Waals surface area contributed by atoms with Crippen LogP contribution in [-0.2, 0) is 16.1 Å². The lowest BCUT2D eigenvalue weighted by Crippen LogP contribution is -2.40. The second-order valence-electron chi connectivity index (χ2n) is 7.01. The lowest BCUT2D eigenvalue weighted by molar-refractivity contribution is 0.0602. The van der Waals surface area contributed by atoms with Crippen molar-refractivity contribution in [3.63, 3.8) is 0 Å². The summed E-state index contributed by atoms with van der Waals surface area (Å²) in [4.78, 5) is 32.1. The van der Waals surface area contributed by atoms with Crippen LogP contribution in [0.2, 0.25) is 0 Å². The van der Waals surface area contributed by atoms with Gasteiger partial charge in [0.2, 0.25) is 0 Å². The first-order valence-corrected chi connectivity index (χ1v) is 9.55. The summed E-state index contributed by atoms with van der Waals surface area (Å²) in [6.07, 6.45) is 6.90. The number of methoxy groups -OCH3 is 1. The topological polar surface area (TPSA) is 90.3 Å². The number of hydrogen-bond donors (Lipinski definition) is 0. The monoisotopic (exact) mass is 385 g/mol. The summed E-state index contributed by atoms with van der Waals surface area (Å²) in [5, 5.41) is 0. The Morgan fingerprint density at radius 3 is 2.79 bits per heavy atom. The predicted octanol–water partition coefficient (Wildman–Crippen LogP) is 2.07. The van der Waals surface area contributed by atoms with E-state index in [0.717, 1.165) is 35.6 Å². The highest BCUT2D eigenvalue weighted by atomic mass is 16.5. The van der Waals surface area contributed by atoms with Crippen molar-refractivity contribution in [2.24, 2.45) is 0 Å². The third-order valence-electron chi connectivity index (χ3n) is 4.80. The molecule has 0 bridgehead atoms. The van der Waals surface area contributed by atoms with Gasteiger partial charge >= 0.3 is 0 Å². The van der Waals surface area contributed by atoms with Gasteiger partial charge in [-0.05, 0) is 26.7 Å². The lowest BCUT2D eigenvalue weighted by Gasteiger charge is -2.33. The van der Waals surface area contributed by atoms with Crippen LogP contribution < -0.4 is 0 Å². The molecule has 1 aliphatic heterocycles. The van der Waals surface area contributed by atoms with Gasteiger partial charge in [0.1, 0.15) is 11.5 Å². The van der Waals surface area contributed by atoms with E-state index in [-0.39, 0.29) is 11.8 Å². The van der Waals surface area contributed by atoms with Crippen molar-refractivity contribution in [3.05, 3.63) is 47.1 Å². The second kappa shape index (κ2) is 9.66. The molecule has 0 saturated carbocycles. The molecule has 8 heteroatoms. The fourth-order valence-electron chi connectivity index (χ4n) is 3.35. The molecule has 0 radical (unpaired) electrons. The molecule has 150 valence electrons. The van der Waals surface area contributed by atoms with Crippen molar-refractivity contribution in [2.45, 2.75) is 39.2 Å². The normalized spacial score (nSPS) is 17.0.